The van der Waals surface area contributed by atoms with Crippen LogP contribution in [0.1, 0.15) is 11.1 Å². The van der Waals surface area contributed by atoms with Crippen LogP contribution in [0.5, 0.6) is 5.75 Å². The van der Waals surface area contributed by atoms with Gasteiger partial charge in [0.1, 0.15) is 17.4 Å². The second-order valence-corrected chi connectivity index (χ2v) is 5.06. The number of hydrogen-bond donors (Lipinski definition) is 1. The molecule has 2 aromatic carbocycles. The number of rotatable bonds is 2. The minimum absolute atomic E-state index is 0.0479. The van der Waals surface area contributed by atoms with Crippen LogP contribution in [-0.2, 0) is 6.54 Å². The van der Waals surface area contributed by atoms with Crippen molar-refractivity contribution >= 4 is 10.9 Å². The molecule has 0 saturated heterocycles. The van der Waals surface area contributed by atoms with Crippen molar-refractivity contribution in [3.63, 3.8) is 0 Å². The number of phenols is 1. The van der Waals surface area contributed by atoms with Crippen molar-refractivity contribution in [3.8, 4) is 5.75 Å². The van der Waals surface area contributed by atoms with Crippen molar-refractivity contribution in [2.45, 2.75) is 13.5 Å². The van der Waals surface area contributed by atoms with E-state index >= 15 is 0 Å². The summed E-state index contributed by atoms with van der Waals surface area (Å²) in [7, 11) is 0. The van der Waals surface area contributed by atoms with E-state index in [4.69, 9.17) is 0 Å². The summed E-state index contributed by atoms with van der Waals surface area (Å²) in [5.74, 6) is -1.33. The number of phenolic OH excluding ortho intramolecular Hbond substituents is 1. The molecule has 0 aliphatic rings. The van der Waals surface area contributed by atoms with E-state index in [-0.39, 0.29) is 17.7 Å². The van der Waals surface area contributed by atoms with Crippen molar-refractivity contribution in [2.75, 3.05) is 0 Å². The monoisotopic (exact) mass is 302 g/mol. The predicted molar refractivity (Wildman–Crippen MR) is 77.9 cm³/mol. The lowest BCUT2D eigenvalue weighted by atomic mass is 10.1. The van der Waals surface area contributed by atoms with Crippen molar-refractivity contribution in [3.05, 3.63) is 69.8 Å². The average Bonchev–Trinajstić information content (AvgIpc) is 2.45. The quantitative estimate of drug-likeness (QED) is 0.792. The molecule has 22 heavy (non-hydrogen) atoms. The van der Waals surface area contributed by atoms with Crippen LogP contribution < -0.4 is 5.56 Å². The van der Waals surface area contributed by atoms with Crippen LogP contribution in [-0.4, -0.2) is 14.7 Å². The first-order valence-corrected chi connectivity index (χ1v) is 6.58. The van der Waals surface area contributed by atoms with Crippen LogP contribution in [0.2, 0.25) is 0 Å². The lowest BCUT2D eigenvalue weighted by Gasteiger charge is -2.13. The maximum Gasteiger partial charge on any atom is 0.280 e. The van der Waals surface area contributed by atoms with Gasteiger partial charge in [0, 0.05) is 11.6 Å². The van der Waals surface area contributed by atoms with Crippen LogP contribution in [0.25, 0.3) is 10.9 Å². The van der Waals surface area contributed by atoms with Gasteiger partial charge in [-0.2, -0.15) is 4.98 Å². The molecule has 0 unspecified atom stereocenters. The summed E-state index contributed by atoms with van der Waals surface area (Å²) in [5.41, 5.74) is 0.837. The lowest BCUT2D eigenvalue weighted by molar-refractivity contribution is 0.476. The molecule has 1 heterocycles. The van der Waals surface area contributed by atoms with Crippen LogP contribution in [0.3, 0.4) is 0 Å². The molecule has 0 spiro atoms. The highest BCUT2D eigenvalue weighted by Crippen LogP contribution is 2.20. The van der Waals surface area contributed by atoms with Gasteiger partial charge >= 0.3 is 0 Å². The summed E-state index contributed by atoms with van der Waals surface area (Å²) in [6, 6.07) is 6.39. The number of fused-ring (bicyclic) bond motifs is 1. The second kappa shape index (κ2) is 5.22. The van der Waals surface area contributed by atoms with E-state index in [1.54, 1.807) is 17.6 Å². The minimum Gasteiger partial charge on any atom is -0.508 e. The number of aromatic hydroxyl groups is 1. The number of aromatic nitrogens is 2. The zero-order chi connectivity index (χ0) is 15.9. The van der Waals surface area contributed by atoms with E-state index in [2.05, 4.69) is 4.98 Å². The maximum absolute atomic E-state index is 14.0. The number of hydrogen-bond acceptors (Lipinski definition) is 3. The SMILES string of the molecule is Cc1cc(F)cc(F)c1Cn1cnc(=O)c2cc(O)ccc21. The summed E-state index contributed by atoms with van der Waals surface area (Å²) in [6.07, 6.45) is 1.31. The first-order valence-electron chi connectivity index (χ1n) is 6.58. The molecule has 4 nitrogen and oxygen atoms in total. The Morgan fingerprint density at radius 2 is 2.00 bits per heavy atom. The summed E-state index contributed by atoms with van der Waals surface area (Å²) >= 11 is 0. The molecule has 0 saturated carbocycles. The fraction of sp³-hybridized carbons (Fsp3) is 0.125. The smallest absolute Gasteiger partial charge is 0.280 e. The van der Waals surface area contributed by atoms with E-state index in [1.807, 2.05) is 0 Å². The van der Waals surface area contributed by atoms with Crippen LogP contribution >= 0.6 is 0 Å². The summed E-state index contributed by atoms with van der Waals surface area (Å²) < 4.78 is 28.7. The molecule has 112 valence electrons. The first-order chi connectivity index (χ1) is 10.5. The highest BCUT2D eigenvalue weighted by Gasteiger charge is 2.11. The maximum atomic E-state index is 14.0. The Morgan fingerprint density at radius 1 is 1.23 bits per heavy atom. The van der Waals surface area contributed by atoms with Gasteiger partial charge in [-0.05, 0) is 36.8 Å². The molecule has 0 radical (unpaired) electrons. The fourth-order valence-electron chi connectivity index (χ4n) is 2.43. The largest absolute Gasteiger partial charge is 0.508 e. The third-order valence-electron chi connectivity index (χ3n) is 3.55. The van der Waals surface area contributed by atoms with Gasteiger partial charge in [0.25, 0.3) is 5.56 Å². The topological polar surface area (TPSA) is 55.1 Å². The molecule has 3 rings (SSSR count). The number of nitrogens with zero attached hydrogens (tertiary/aromatic N) is 2. The van der Waals surface area contributed by atoms with E-state index in [1.165, 1.54) is 24.5 Å². The Bertz CT molecular complexity index is 912. The van der Waals surface area contributed by atoms with E-state index in [0.717, 1.165) is 6.07 Å². The van der Waals surface area contributed by atoms with Crippen LogP contribution in [0, 0.1) is 18.6 Å². The van der Waals surface area contributed by atoms with Crippen LogP contribution in [0.4, 0.5) is 8.78 Å². The zero-order valence-electron chi connectivity index (χ0n) is 11.7. The highest BCUT2D eigenvalue weighted by atomic mass is 19.1. The molecule has 0 amide bonds. The van der Waals surface area contributed by atoms with E-state index in [0.29, 0.717) is 16.6 Å². The minimum atomic E-state index is -0.650. The molecule has 0 atom stereocenters. The van der Waals surface area contributed by atoms with Gasteiger partial charge in [0.2, 0.25) is 0 Å². The van der Waals surface area contributed by atoms with Gasteiger partial charge in [0.05, 0.1) is 23.8 Å². The van der Waals surface area contributed by atoms with Crippen molar-refractivity contribution < 1.29 is 13.9 Å². The lowest BCUT2D eigenvalue weighted by Crippen LogP contribution is -2.14. The Balaban J connectivity index is 2.17. The molecular weight excluding hydrogens is 290 g/mol. The van der Waals surface area contributed by atoms with Gasteiger partial charge in [-0.1, -0.05) is 0 Å². The van der Waals surface area contributed by atoms with Gasteiger partial charge in [-0.15, -0.1) is 0 Å². The van der Waals surface area contributed by atoms with E-state index in [9.17, 15) is 18.7 Å². The molecule has 0 bridgehead atoms. The first kappa shape index (κ1) is 14.2. The average molecular weight is 302 g/mol. The molecule has 0 fully saturated rings. The standard InChI is InChI=1S/C16H12F2N2O2/c1-9-4-10(17)5-14(18)13(9)7-20-8-19-16(22)12-6-11(21)2-3-15(12)20/h2-6,8,21H,7H2,1H3. The normalized spacial score (nSPS) is 11.0. The predicted octanol–water partition coefficient (Wildman–Crippen LogP) is 2.74. The van der Waals surface area contributed by atoms with E-state index < -0.39 is 17.2 Å². The van der Waals surface area contributed by atoms with Crippen molar-refractivity contribution in [1.29, 1.82) is 0 Å². The van der Waals surface area contributed by atoms with Crippen LogP contribution in [0.15, 0.2) is 41.5 Å². The Morgan fingerprint density at radius 3 is 2.73 bits per heavy atom. The molecule has 6 heteroatoms. The molecular formula is C16H12F2N2O2. The summed E-state index contributed by atoms with van der Waals surface area (Å²) in [5, 5.41) is 9.72. The van der Waals surface area contributed by atoms with Gasteiger partial charge in [0.15, 0.2) is 0 Å². The highest BCUT2D eigenvalue weighted by molar-refractivity contribution is 5.79. The molecule has 0 aliphatic carbocycles. The number of halogens is 2. The van der Waals surface area contributed by atoms with Crippen molar-refractivity contribution in [1.82, 2.24) is 9.55 Å². The Labute approximate surface area is 124 Å². The van der Waals surface area contributed by atoms with Gasteiger partial charge < -0.3 is 9.67 Å². The van der Waals surface area contributed by atoms with Crippen molar-refractivity contribution in [2.24, 2.45) is 0 Å². The third kappa shape index (κ3) is 2.43. The number of aryl methyl sites for hydroxylation is 1. The number of benzene rings is 2. The second-order valence-electron chi connectivity index (χ2n) is 5.06. The molecule has 3 aromatic rings. The summed E-state index contributed by atoms with van der Waals surface area (Å²) in [4.78, 5) is 15.5. The molecule has 1 N–H and O–H groups in total. The fourth-order valence-corrected chi connectivity index (χ4v) is 2.43. The van der Waals surface area contributed by atoms with Gasteiger partial charge in [-0.25, -0.2) is 8.78 Å². The summed E-state index contributed by atoms with van der Waals surface area (Å²) in [6.45, 7) is 1.72. The molecule has 1 aromatic heterocycles. The third-order valence-corrected chi connectivity index (χ3v) is 3.55. The van der Waals surface area contributed by atoms with Gasteiger partial charge in [-0.3, -0.25) is 4.79 Å². The Kier molecular flexibility index (Phi) is 3.36. The molecule has 0 aliphatic heterocycles. The zero-order valence-corrected chi connectivity index (χ0v) is 11.7. The Hall–Kier alpha value is -2.76.